The number of aryl methyl sites for hydroxylation is 1. The molecule has 0 amide bonds. The van der Waals surface area contributed by atoms with Gasteiger partial charge in [0.2, 0.25) is 0 Å². The van der Waals surface area contributed by atoms with Gasteiger partial charge in [-0.3, -0.25) is 4.79 Å². The van der Waals surface area contributed by atoms with Crippen LogP contribution in [0.25, 0.3) is 10.2 Å². The molecule has 0 radical (unpaired) electrons. The zero-order valence-corrected chi connectivity index (χ0v) is 16.8. The number of carbonyl (C=O) groups excluding carboxylic acids is 1. The molecule has 1 atom stereocenters. The molecule has 1 aromatic carbocycles. The fourth-order valence-electron chi connectivity index (χ4n) is 3.02. The van der Waals surface area contributed by atoms with Crippen molar-refractivity contribution < 1.29 is 9.53 Å². The molecule has 3 rings (SSSR count). The summed E-state index contributed by atoms with van der Waals surface area (Å²) in [6, 6.07) is 12.3. The number of nitrogens with one attached hydrogen (secondary N) is 1. The van der Waals surface area contributed by atoms with E-state index < -0.39 is 5.92 Å². The molecule has 2 heterocycles. The van der Waals surface area contributed by atoms with Crippen LogP contribution in [0.3, 0.4) is 0 Å². The maximum absolute atomic E-state index is 12.3. The highest BCUT2D eigenvalue weighted by atomic mass is 32.1. The number of nitrogens with zero attached hydrogens (tertiary/aromatic N) is 2. The maximum atomic E-state index is 12.3. The Bertz CT molecular complexity index is 908. The zero-order valence-electron chi connectivity index (χ0n) is 16.0. The summed E-state index contributed by atoms with van der Waals surface area (Å²) in [5.74, 6) is 0.599. The number of esters is 1. The number of methoxy groups -OCH3 is 1. The summed E-state index contributed by atoms with van der Waals surface area (Å²) in [4.78, 5) is 23.9. The van der Waals surface area contributed by atoms with Crippen LogP contribution in [0.5, 0.6) is 0 Å². The molecule has 142 valence electrons. The lowest BCUT2D eigenvalue weighted by Gasteiger charge is -2.14. The molecule has 0 bridgehead atoms. The van der Waals surface area contributed by atoms with Crippen molar-refractivity contribution in [1.82, 2.24) is 9.97 Å². The van der Waals surface area contributed by atoms with Gasteiger partial charge >= 0.3 is 5.97 Å². The van der Waals surface area contributed by atoms with Crippen molar-refractivity contribution in [1.29, 1.82) is 0 Å². The van der Waals surface area contributed by atoms with Crippen LogP contribution >= 0.6 is 11.3 Å². The van der Waals surface area contributed by atoms with E-state index in [0.29, 0.717) is 18.8 Å². The van der Waals surface area contributed by atoms with Gasteiger partial charge < -0.3 is 10.1 Å². The Hall–Kier alpha value is -2.47. The average Bonchev–Trinajstić information content (AvgIpc) is 3.13. The summed E-state index contributed by atoms with van der Waals surface area (Å²) < 4.78 is 4.99. The number of fused-ring (bicyclic) bond motifs is 1. The van der Waals surface area contributed by atoms with E-state index in [2.05, 4.69) is 30.4 Å². The number of aromatic nitrogens is 2. The van der Waals surface area contributed by atoms with Crippen LogP contribution < -0.4 is 5.32 Å². The second kappa shape index (κ2) is 8.95. The third-order valence-corrected chi connectivity index (χ3v) is 5.66. The highest BCUT2D eigenvalue weighted by molar-refractivity contribution is 7.18. The van der Waals surface area contributed by atoms with Gasteiger partial charge in [-0.2, -0.15) is 0 Å². The van der Waals surface area contributed by atoms with Crippen LogP contribution in [0, 0.1) is 0 Å². The van der Waals surface area contributed by atoms with Crippen LogP contribution in [0.15, 0.2) is 36.4 Å². The molecule has 1 unspecified atom stereocenters. The summed E-state index contributed by atoms with van der Waals surface area (Å²) in [5, 5.41) is 4.45. The molecular weight excluding hydrogens is 358 g/mol. The quantitative estimate of drug-likeness (QED) is 0.559. The highest BCUT2D eigenvalue weighted by Crippen LogP contribution is 2.32. The summed E-state index contributed by atoms with van der Waals surface area (Å²) in [6.07, 6.45) is 2.48. The van der Waals surface area contributed by atoms with E-state index in [1.165, 1.54) is 17.6 Å². The summed E-state index contributed by atoms with van der Waals surface area (Å²) in [6.45, 7) is 4.84. The van der Waals surface area contributed by atoms with Gasteiger partial charge in [0.25, 0.3) is 0 Å². The lowest BCUT2D eigenvalue weighted by molar-refractivity contribution is -0.142. The van der Waals surface area contributed by atoms with Gasteiger partial charge in [0.15, 0.2) is 0 Å². The van der Waals surface area contributed by atoms with Crippen molar-refractivity contribution in [3.63, 3.8) is 0 Å². The molecule has 0 fully saturated rings. The third-order valence-electron chi connectivity index (χ3n) is 4.49. The Labute approximate surface area is 163 Å². The Morgan fingerprint density at radius 1 is 1.22 bits per heavy atom. The monoisotopic (exact) mass is 383 g/mol. The lowest BCUT2D eigenvalue weighted by Crippen LogP contribution is -2.18. The van der Waals surface area contributed by atoms with Gasteiger partial charge in [0.1, 0.15) is 22.4 Å². The number of hydrogen-bond acceptors (Lipinski definition) is 6. The van der Waals surface area contributed by atoms with Crippen molar-refractivity contribution in [2.75, 3.05) is 12.4 Å². The minimum atomic E-state index is -0.436. The van der Waals surface area contributed by atoms with Crippen LogP contribution in [0.4, 0.5) is 5.82 Å². The molecule has 0 saturated heterocycles. The second-order valence-corrected chi connectivity index (χ2v) is 7.53. The van der Waals surface area contributed by atoms with E-state index in [9.17, 15) is 4.79 Å². The van der Waals surface area contributed by atoms with Crippen LogP contribution in [0.1, 0.15) is 48.9 Å². The number of hydrogen-bond donors (Lipinski definition) is 1. The van der Waals surface area contributed by atoms with Crippen LogP contribution in [0.2, 0.25) is 0 Å². The predicted molar refractivity (Wildman–Crippen MR) is 110 cm³/mol. The molecule has 6 heteroatoms. The van der Waals surface area contributed by atoms with Gasteiger partial charge in [-0.05, 0) is 24.5 Å². The molecule has 0 saturated carbocycles. The minimum absolute atomic E-state index is 0.280. The first-order valence-electron chi connectivity index (χ1n) is 9.32. The first-order chi connectivity index (χ1) is 13.2. The minimum Gasteiger partial charge on any atom is -0.468 e. The molecule has 0 aliphatic rings. The predicted octanol–water partition coefficient (Wildman–Crippen LogP) is 4.92. The first-order valence-corrected chi connectivity index (χ1v) is 10.1. The van der Waals surface area contributed by atoms with Gasteiger partial charge in [0, 0.05) is 11.4 Å². The Balaban J connectivity index is 2.00. The van der Waals surface area contributed by atoms with Crippen molar-refractivity contribution in [3.05, 3.63) is 52.7 Å². The Kier molecular flexibility index (Phi) is 6.40. The van der Waals surface area contributed by atoms with Crippen molar-refractivity contribution in [2.45, 2.75) is 45.6 Å². The molecule has 0 aliphatic carbocycles. The fraction of sp³-hybridized carbons (Fsp3) is 0.381. The normalized spacial score (nSPS) is 12.1. The van der Waals surface area contributed by atoms with E-state index in [0.717, 1.165) is 28.9 Å². The standard InChI is InChI=1S/C21H25N3O2S/c1-4-9-16(21(25)26-3)19-23-18(22-13-14-10-7-6-8-11-14)17-12-15(5-2)27-20(17)24-19/h6-8,10-12,16H,4-5,9,13H2,1-3H3,(H,22,23,24). The van der Waals surface area contributed by atoms with E-state index in [-0.39, 0.29) is 5.97 Å². The topological polar surface area (TPSA) is 64.1 Å². The largest absolute Gasteiger partial charge is 0.468 e. The second-order valence-electron chi connectivity index (χ2n) is 6.42. The van der Waals surface area contributed by atoms with E-state index in [1.807, 2.05) is 25.1 Å². The molecule has 0 aliphatic heterocycles. The van der Waals surface area contributed by atoms with Gasteiger partial charge in [-0.25, -0.2) is 9.97 Å². The SMILES string of the molecule is CCCC(C(=O)OC)c1nc(NCc2ccccc2)c2cc(CC)sc2n1. The highest BCUT2D eigenvalue weighted by Gasteiger charge is 2.25. The van der Waals surface area contributed by atoms with Gasteiger partial charge in [-0.15, -0.1) is 11.3 Å². The Morgan fingerprint density at radius 2 is 2.00 bits per heavy atom. The molecule has 5 nitrogen and oxygen atoms in total. The van der Waals surface area contributed by atoms with Crippen molar-refractivity contribution in [2.24, 2.45) is 0 Å². The number of anilines is 1. The summed E-state index contributed by atoms with van der Waals surface area (Å²) in [7, 11) is 1.42. The average molecular weight is 384 g/mol. The van der Waals surface area contributed by atoms with Crippen molar-refractivity contribution >= 4 is 33.3 Å². The molecule has 3 aromatic rings. The van der Waals surface area contributed by atoms with Gasteiger partial charge in [0.05, 0.1) is 12.5 Å². The Morgan fingerprint density at radius 3 is 2.67 bits per heavy atom. The summed E-state index contributed by atoms with van der Waals surface area (Å²) >= 11 is 1.66. The maximum Gasteiger partial charge on any atom is 0.316 e. The summed E-state index contributed by atoms with van der Waals surface area (Å²) in [5.41, 5.74) is 1.18. The first kappa shape index (κ1) is 19.3. The van der Waals surface area contributed by atoms with Crippen LogP contribution in [-0.4, -0.2) is 23.0 Å². The van der Waals surface area contributed by atoms with Crippen molar-refractivity contribution in [3.8, 4) is 0 Å². The molecule has 27 heavy (non-hydrogen) atoms. The zero-order chi connectivity index (χ0) is 19.2. The number of thiophene rings is 1. The fourth-order valence-corrected chi connectivity index (χ4v) is 3.99. The third kappa shape index (κ3) is 4.45. The molecular formula is C21H25N3O2S. The molecule has 2 aromatic heterocycles. The number of rotatable bonds is 8. The smallest absolute Gasteiger partial charge is 0.316 e. The van der Waals surface area contributed by atoms with E-state index in [1.54, 1.807) is 11.3 Å². The van der Waals surface area contributed by atoms with E-state index >= 15 is 0 Å². The van der Waals surface area contributed by atoms with Gasteiger partial charge in [-0.1, -0.05) is 50.6 Å². The van der Waals surface area contributed by atoms with Crippen LogP contribution in [-0.2, 0) is 22.5 Å². The van der Waals surface area contributed by atoms with E-state index in [4.69, 9.17) is 14.7 Å². The lowest BCUT2D eigenvalue weighted by atomic mass is 10.0. The number of ether oxygens (including phenoxy) is 1. The molecule has 1 N–H and O–H groups in total. The number of carbonyl (C=O) groups is 1. The number of benzene rings is 1. The molecule has 0 spiro atoms.